The van der Waals surface area contributed by atoms with Gasteiger partial charge in [0.25, 0.3) is 11.5 Å². The summed E-state index contributed by atoms with van der Waals surface area (Å²) in [4.78, 5) is 26.3. The second-order valence-electron chi connectivity index (χ2n) is 11.1. The summed E-state index contributed by atoms with van der Waals surface area (Å²) in [5.41, 5.74) is 1.18. The van der Waals surface area contributed by atoms with Crippen molar-refractivity contribution in [3.63, 3.8) is 0 Å². The summed E-state index contributed by atoms with van der Waals surface area (Å²) in [7, 11) is 0. The fourth-order valence-corrected chi connectivity index (χ4v) is 5.86. The van der Waals surface area contributed by atoms with Crippen molar-refractivity contribution < 1.29 is 14.3 Å². The first-order valence-electron chi connectivity index (χ1n) is 12.8. The average Bonchev–Trinajstić information content (AvgIpc) is 3.34. The molecule has 1 amide bonds. The van der Waals surface area contributed by atoms with E-state index in [2.05, 4.69) is 16.9 Å². The number of aromatic nitrogens is 3. The molecule has 3 heterocycles. The van der Waals surface area contributed by atoms with Gasteiger partial charge in [0.15, 0.2) is 0 Å². The van der Waals surface area contributed by atoms with Crippen LogP contribution in [0.15, 0.2) is 41.5 Å². The van der Waals surface area contributed by atoms with E-state index < -0.39 is 0 Å². The highest BCUT2D eigenvalue weighted by Crippen LogP contribution is 2.51. The maximum atomic E-state index is 13.5. The molecule has 3 saturated carbocycles. The third-order valence-electron chi connectivity index (χ3n) is 8.36. The minimum absolute atomic E-state index is 0.0648. The maximum Gasteiger partial charge on any atom is 0.274 e. The molecule has 182 valence electrons. The van der Waals surface area contributed by atoms with Gasteiger partial charge in [-0.05, 0) is 70.1 Å². The maximum absolute atomic E-state index is 13.5. The molecule has 8 heteroatoms. The number of hydrogen-bond acceptors (Lipinski definition) is 5. The molecule has 1 N–H and O–H groups in total. The Balaban J connectivity index is 1.25. The number of benzene rings is 1. The summed E-state index contributed by atoms with van der Waals surface area (Å²) < 4.78 is 16.1. The van der Waals surface area contributed by atoms with Crippen LogP contribution >= 0.6 is 0 Å². The van der Waals surface area contributed by atoms with Gasteiger partial charge < -0.3 is 19.4 Å². The molecule has 35 heavy (non-hydrogen) atoms. The number of nitrogens with one attached hydrogen (secondary N) is 1. The molecule has 0 radical (unpaired) electrons. The van der Waals surface area contributed by atoms with E-state index in [9.17, 15) is 9.59 Å². The summed E-state index contributed by atoms with van der Waals surface area (Å²) in [5.74, 6) is 0.190. The van der Waals surface area contributed by atoms with E-state index in [1.807, 2.05) is 24.4 Å². The zero-order chi connectivity index (χ0) is 23.8. The first-order valence-corrected chi connectivity index (χ1v) is 12.8. The Morgan fingerprint density at radius 2 is 2.09 bits per heavy atom. The number of fused-ring (bicyclic) bond motifs is 3. The molecule has 7 rings (SSSR count). The van der Waals surface area contributed by atoms with Crippen LogP contribution in [0.3, 0.4) is 0 Å². The Hall–Kier alpha value is -3.13. The first kappa shape index (κ1) is 21.2. The molecular formula is C27H30N4O4. The molecule has 1 aliphatic heterocycles. The number of rotatable bonds is 6. The zero-order valence-electron chi connectivity index (χ0n) is 20.0. The second-order valence-corrected chi connectivity index (χ2v) is 11.1. The molecule has 1 aromatic carbocycles. The molecule has 8 nitrogen and oxygen atoms in total. The van der Waals surface area contributed by atoms with Crippen LogP contribution in [0.4, 0.5) is 5.69 Å². The van der Waals surface area contributed by atoms with Gasteiger partial charge in [0.2, 0.25) is 0 Å². The summed E-state index contributed by atoms with van der Waals surface area (Å²) in [6.07, 6.45) is 12.1. The Bertz CT molecular complexity index is 1390. The van der Waals surface area contributed by atoms with E-state index in [4.69, 9.17) is 14.6 Å². The van der Waals surface area contributed by atoms with E-state index in [0.717, 1.165) is 62.3 Å². The lowest BCUT2D eigenvalue weighted by atomic mass is 9.96. The highest BCUT2D eigenvalue weighted by Gasteiger charge is 2.54. The lowest BCUT2D eigenvalue weighted by Crippen LogP contribution is -2.33. The standard InChI is InChI=1S/C27H30N4O4/c1-26-9-10-27(15-26,16-34-26)31-14-17-12-20(23(13-22(17)29-31)35-19-4-2-5-19)24(32)28-21-6-3-11-30(25(21)33)18-7-8-18/h3,6,11-14,18-19H,2,4-5,7-10,15-16H2,1H3,(H,28,32)/t26-,27-/m1/s1. The molecule has 3 aliphatic carbocycles. The van der Waals surface area contributed by atoms with Gasteiger partial charge in [0, 0.05) is 36.3 Å². The number of carbonyl (C=O) groups excluding carboxylic acids is 1. The minimum atomic E-state index is -0.338. The number of ether oxygens (including phenoxy) is 2. The largest absolute Gasteiger partial charge is 0.490 e. The topological polar surface area (TPSA) is 87.4 Å². The Morgan fingerprint density at radius 1 is 1.23 bits per heavy atom. The van der Waals surface area contributed by atoms with E-state index >= 15 is 0 Å². The van der Waals surface area contributed by atoms with Crippen LogP contribution in [-0.2, 0) is 10.3 Å². The van der Waals surface area contributed by atoms with E-state index in [1.54, 1.807) is 16.8 Å². The molecule has 1 saturated heterocycles. The van der Waals surface area contributed by atoms with Crippen LogP contribution in [0.25, 0.3) is 10.9 Å². The van der Waals surface area contributed by atoms with Gasteiger partial charge in [-0.1, -0.05) is 0 Å². The summed E-state index contributed by atoms with van der Waals surface area (Å²) in [6, 6.07) is 7.46. The van der Waals surface area contributed by atoms with Crippen molar-refractivity contribution in [3.05, 3.63) is 52.6 Å². The number of hydrogen-bond donors (Lipinski definition) is 1. The highest BCUT2D eigenvalue weighted by atomic mass is 16.5. The van der Waals surface area contributed by atoms with Gasteiger partial charge in [-0.3, -0.25) is 14.3 Å². The Kier molecular flexibility index (Phi) is 4.50. The van der Waals surface area contributed by atoms with Crippen molar-refractivity contribution in [2.75, 3.05) is 11.9 Å². The first-order chi connectivity index (χ1) is 16.9. The number of carbonyl (C=O) groups is 1. The van der Waals surface area contributed by atoms with Crippen LogP contribution in [-0.4, -0.2) is 38.6 Å². The molecule has 4 fully saturated rings. The van der Waals surface area contributed by atoms with Gasteiger partial charge in [-0.25, -0.2) is 0 Å². The average molecular weight is 475 g/mol. The van der Waals surface area contributed by atoms with E-state index in [0.29, 0.717) is 23.6 Å². The van der Waals surface area contributed by atoms with E-state index in [-0.39, 0.29) is 34.8 Å². The Labute approximate surface area is 203 Å². The summed E-state index contributed by atoms with van der Waals surface area (Å²) >= 11 is 0. The molecule has 3 aromatic rings. The third kappa shape index (κ3) is 3.49. The molecule has 0 unspecified atom stereocenters. The van der Waals surface area contributed by atoms with Crippen LogP contribution < -0.4 is 15.6 Å². The van der Waals surface area contributed by atoms with Crippen molar-refractivity contribution in [1.29, 1.82) is 0 Å². The lowest BCUT2D eigenvalue weighted by molar-refractivity contribution is -0.0149. The Morgan fingerprint density at radius 3 is 2.74 bits per heavy atom. The molecule has 0 spiro atoms. The van der Waals surface area contributed by atoms with Crippen LogP contribution in [0.2, 0.25) is 0 Å². The van der Waals surface area contributed by atoms with Crippen molar-refractivity contribution in [1.82, 2.24) is 14.3 Å². The van der Waals surface area contributed by atoms with Crippen LogP contribution in [0, 0.1) is 0 Å². The summed E-state index contributed by atoms with van der Waals surface area (Å²) in [5, 5.41) is 8.66. The van der Waals surface area contributed by atoms with Gasteiger partial charge in [0.05, 0.1) is 34.9 Å². The number of pyridine rings is 1. The van der Waals surface area contributed by atoms with Gasteiger partial charge in [0.1, 0.15) is 11.4 Å². The predicted molar refractivity (Wildman–Crippen MR) is 131 cm³/mol. The SMILES string of the molecule is C[C@]12CC[C@](n3cc4cc(C(=O)Nc5cccn(C6CC6)c5=O)c(OC5CCC5)cc4n3)(CO1)C2. The van der Waals surface area contributed by atoms with Gasteiger partial charge in [-0.15, -0.1) is 0 Å². The van der Waals surface area contributed by atoms with Gasteiger partial charge in [-0.2, -0.15) is 5.10 Å². The van der Waals surface area contributed by atoms with E-state index in [1.165, 1.54) is 0 Å². The molecular weight excluding hydrogens is 444 g/mol. The van der Waals surface area contributed by atoms with Crippen molar-refractivity contribution >= 4 is 22.5 Å². The quantitative estimate of drug-likeness (QED) is 0.573. The normalized spacial score (nSPS) is 27.8. The second kappa shape index (κ2) is 7.43. The summed E-state index contributed by atoms with van der Waals surface area (Å²) in [6.45, 7) is 2.84. The van der Waals surface area contributed by atoms with Crippen LogP contribution in [0.5, 0.6) is 5.75 Å². The third-order valence-corrected chi connectivity index (χ3v) is 8.36. The zero-order valence-corrected chi connectivity index (χ0v) is 20.0. The molecule has 2 bridgehead atoms. The fourth-order valence-electron chi connectivity index (χ4n) is 5.86. The predicted octanol–water partition coefficient (Wildman–Crippen LogP) is 4.38. The number of amides is 1. The number of nitrogens with zero attached hydrogens (tertiary/aromatic N) is 3. The van der Waals surface area contributed by atoms with Gasteiger partial charge >= 0.3 is 0 Å². The fraction of sp³-hybridized carbons (Fsp3) is 0.519. The lowest BCUT2D eigenvalue weighted by Gasteiger charge is -2.27. The molecule has 2 atom stereocenters. The van der Waals surface area contributed by atoms with Crippen molar-refractivity contribution in [2.24, 2.45) is 0 Å². The monoisotopic (exact) mass is 474 g/mol. The number of anilines is 1. The highest BCUT2D eigenvalue weighted by molar-refractivity contribution is 6.08. The van der Waals surface area contributed by atoms with Crippen molar-refractivity contribution in [3.8, 4) is 5.75 Å². The molecule has 4 aliphatic rings. The minimum Gasteiger partial charge on any atom is -0.490 e. The smallest absolute Gasteiger partial charge is 0.274 e. The van der Waals surface area contributed by atoms with Crippen LogP contribution in [0.1, 0.15) is 74.7 Å². The van der Waals surface area contributed by atoms with Crippen molar-refractivity contribution in [2.45, 2.75) is 81.6 Å². The molecule has 2 aromatic heterocycles.